The van der Waals surface area contributed by atoms with Gasteiger partial charge in [0.25, 0.3) is 5.88 Å². The summed E-state index contributed by atoms with van der Waals surface area (Å²) in [5.74, 6) is -2.27. The van der Waals surface area contributed by atoms with Crippen LogP contribution in [-0.4, -0.2) is 16.1 Å². The number of hydrogen-bond acceptors (Lipinski definition) is 2. The van der Waals surface area contributed by atoms with Crippen LogP contribution in [0, 0.1) is 12.0 Å². The Bertz CT molecular complexity index is 260. The molecule has 0 saturated carbocycles. The van der Waals surface area contributed by atoms with Crippen LogP contribution in [0.3, 0.4) is 0 Å². The molecule has 0 unspecified atom stereocenters. The number of halogens is 4. The molecule has 0 spiro atoms. The van der Waals surface area contributed by atoms with Crippen LogP contribution in [0.4, 0.5) is 17.6 Å². The summed E-state index contributed by atoms with van der Waals surface area (Å²) in [5, 5.41) is 3.09. The number of nitrogens with zero attached hydrogens (tertiary/aromatic N) is 2. The summed E-state index contributed by atoms with van der Waals surface area (Å²) in [4.78, 5) is 0. The van der Waals surface area contributed by atoms with Crippen molar-refractivity contribution in [1.82, 2.24) is 9.78 Å². The van der Waals surface area contributed by atoms with Crippen LogP contribution in [0.5, 0.6) is 5.88 Å². The van der Waals surface area contributed by atoms with Crippen molar-refractivity contribution < 1.29 is 22.3 Å². The number of aryl methyl sites for hydroxylation is 1. The third-order valence-corrected chi connectivity index (χ3v) is 0.992. The monoisotopic (exact) mass is 183 g/mol. The topological polar surface area (TPSA) is 27.1 Å². The molecule has 1 radical (unpaired) electrons. The second-order valence-electron chi connectivity index (χ2n) is 1.90. The average Bonchev–Trinajstić information content (AvgIpc) is 2.16. The highest BCUT2D eigenvalue weighted by Gasteiger charge is 2.34. The quantitative estimate of drug-likeness (QED) is 0.613. The van der Waals surface area contributed by atoms with Crippen LogP contribution in [0.15, 0.2) is 0 Å². The van der Waals surface area contributed by atoms with Gasteiger partial charge in [-0.2, -0.15) is 9.49 Å². The number of hydrogen-bond donors (Lipinski definition) is 0. The largest absolute Gasteiger partial charge is 0.574 e. The van der Waals surface area contributed by atoms with E-state index in [2.05, 4.69) is 9.84 Å². The molecule has 0 aliphatic rings. The molecule has 0 atom stereocenters. The van der Waals surface area contributed by atoms with Gasteiger partial charge in [-0.3, -0.25) is 0 Å². The van der Waals surface area contributed by atoms with E-state index >= 15 is 0 Å². The number of rotatable bonds is 1. The van der Waals surface area contributed by atoms with Crippen molar-refractivity contribution in [3.05, 3.63) is 12.0 Å². The highest BCUT2D eigenvalue weighted by atomic mass is 19.4. The molecule has 0 N–H and O–H groups in total. The molecule has 0 aliphatic heterocycles. The molecule has 0 aromatic carbocycles. The van der Waals surface area contributed by atoms with Crippen LogP contribution in [-0.2, 0) is 7.05 Å². The van der Waals surface area contributed by atoms with E-state index in [0.717, 1.165) is 7.05 Å². The van der Waals surface area contributed by atoms with E-state index in [1.165, 1.54) is 0 Å². The summed E-state index contributed by atoms with van der Waals surface area (Å²) in [6.45, 7) is 0. The Hall–Kier alpha value is -1.27. The minimum absolute atomic E-state index is 0.600. The zero-order chi connectivity index (χ0) is 9.35. The molecule has 67 valence electrons. The molecule has 1 rings (SSSR count). The molecule has 0 bridgehead atoms. The molecular formula is C5H3F4N2O. The molecular weight excluding hydrogens is 180 g/mol. The zero-order valence-corrected chi connectivity index (χ0v) is 5.81. The van der Waals surface area contributed by atoms with Crippen molar-refractivity contribution in [1.29, 1.82) is 0 Å². The van der Waals surface area contributed by atoms with Crippen molar-refractivity contribution in [2.24, 2.45) is 7.05 Å². The normalized spacial score (nSPS) is 11.8. The Morgan fingerprint density at radius 3 is 2.42 bits per heavy atom. The van der Waals surface area contributed by atoms with Crippen LogP contribution in [0.1, 0.15) is 0 Å². The van der Waals surface area contributed by atoms with Gasteiger partial charge in [0.2, 0.25) is 5.82 Å². The number of alkyl halides is 3. The molecule has 0 saturated heterocycles. The standard InChI is InChI=1S/C5H3F4N2O/c1-11-4(3(6)2-10-11)12-5(7,8)9/h1H3. The van der Waals surface area contributed by atoms with E-state index in [4.69, 9.17) is 0 Å². The van der Waals surface area contributed by atoms with Crippen molar-refractivity contribution in [2.75, 3.05) is 0 Å². The molecule has 0 aliphatic carbocycles. The van der Waals surface area contributed by atoms with Crippen molar-refractivity contribution in [2.45, 2.75) is 6.36 Å². The fraction of sp³-hybridized carbons (Fsp3) is 0.400. The molecule has 0 amide bonds. The molecule has 1 aromatic rings. The van der Waals surface area contributed by atoms with Gasteiger partial charge in [-0.15, -0.1) is 13.2 Å². The fourth-order valence-electron chi connectivity index (χ4n) is 0.575. The van der Waals surface area contributed by atoms with E-state index < -0.39 is 18.1 Å². The minimum Gasteiger partial charge on any atom is -0.385 e. The van der Waals surface area contributed by atoms with Gasteiger partial charge in [0.15, 0.2) is 6.20 Å². The van der Waals surface area contributed by atoms with Gasteiger partial charge in [0.1, 0.15) is 0 Å². The first-order valence-electron chi connectivity index (χ1n) is 2.76. The van der Waals surface area contributed by atoms with E-state index in [0.29, 0.717) is 4.68 Å². The summed E-state index contributed by atoms with van der Waals surface area (Å²) in [5.41, 5.74) is 0. The Balaban J connectivity index is 2.88. The van der Waals surface area contributed by atoms with Crippen LogP contribution in [0.2, 0.25) is 0 Å². The smallest absolute Gasteiger partial charge is 0.385 e. The molecule has 1 heterocycles. The third-order valence-electron chi connectivity index (χ3n) is 0.992. The van der Waals surface area contributed by atoms with Crippen LogP contribution >= 0.6 is 0 Å². The Kier molecular flexibility index (Phi) is 1.95. The highest BCUT2D eigenvalue weighted by molar-refractivity contribution is 5.09. The lowest BCUT2D eigenvalue weighted by molar-refractivity contribution is -0.278. The van der Waals surface area contributed by atoms with Gasteiger partial charge < -0.3 is 4.74 Å². The molecule has 1 aromatic heterocycles. The van der Waals surface area contributed by atoms with E-state index in [9.17, 15) is 17.6 Å². The zero-order valence-electron chi connectivity index (χ0n) is 5.81. The lowest BCUT2D eigenvalue weighted by atomic mass is 10.6. The van der Waals surface area contributed by atoms with Crippen molar-refractivity contribution in [3.63, 3.8) is 0 Å². The second kappa shape index (κ2) is 2.65. The van der Waals surface area contributed by atoms with Gasteiger partial charge in [-0.1, -0.05) is 0 Å². The van der Waals surface area contributed by atoms with Gasteiger partial charge in [0.05, 0.1) is 0 Å². The summed E-state index contributed by atoms with van der Waals surface area (Å²) >= 11 is 0. The number of ether oxygens (including phenoxy) is 1. The Morgan fingerprint density at radius 2 is 2.08 bits per heavy atom. The predicted molar refractivity (Wildman–Crippen MR) is 28.7 cm³/mol. The summed E-state index contributed by atoms with van der Waals surface area (Å²) in [6.07, 6.45) is -3.23. The molecule has 12 heavy (non-hydrogen) atoms. The molecule has 7 heteroatoms. The molecule has 3 nitrogen and oxygen atoms in total. The first-order valence-corrected chi connectivity index (χ1v) is 2.76. The lowest BCUT2D eigenvalue weighted by Gasteiger charge is -2.07. The minimum atomic E-state index is -4.91. The first-order chi connectivity index (χ1) is 5.40. The van der Waals surface area contributed by atoms with Crippen LogP contribution < -0.4 is 4.74 Å². The first kappa shape index (κ1) is 8.82. The maximum absolute atomic E-state index is 12.4. The van der Waals surface area contributed by atoms with Gasteiger partial charge in [0, 0.05) is 7.05 Å². The Labute approximate surface area is 64.5 Å². The number of aromatic nitrogens is 2. The highest BCUT2D eigenvalue weighted by Crippen LogP contribution is 2.23. The summed E-state index contributed by atoms with van der Waals surface area (Å²) in [6, 6.07) is 0. The van der Waals surface area contributed by atoms with E-state index in [1.807, 2.05) is 0 Å². The average molecular weight is 183 g/mol. The lowest BCUT2D eigenvalue weighted by Crippen LogP contribution is -2.19. The maximum Gasteiger partial charge on any atom is 0.574 e. The third kappa shape index (κ3) is 1.86. The molecule has 0 fully saturated rings. The van der Waals surface area contributed by atoms with Crippen molar-refractivity contribution in [3.8, 4) is 5.88 Å². The predicted octanol–water partition coefficient (Wildman–Crippen LogP) is 1.26. The Morgan fingerprint density at radius 1 is 1.50 bits per heavy atom. The van der Waals surface area contributed by atoms with Crippen LogP contribution in [0.25, 0.3) is 0 Å². The maximum atomic E-state index is 12.4. The van der Waals surface area contributed by atoms with Gasteiger partial charge in [-0.05, 0) is 0 Å². The van der Waals surface area contributed by atoms with E-state index in [1.54, 1.807) is 6.20 Å². The fourth-order valence-corrected chi connectivity index (χ4v) is 0.575. The van der Waals surface area contributed by atoms with Crippen molar-refractivity contribution >= 4 is 0 Å². The van der Waals surface area contributed by atoms with Gasteiger partial charge >= 0.3 is 6.36 Å². The van der Waals surface area contributed by atoms with E-state index in [-0.39, 0.29) is 0 Å². The second-order valence-corrected chi connectivity index (χ2v) is 1.90. The summed E-state index contributed by atoms with van der Waals surface area (Å²) < 4.78 is 50.9. The van der Waals surface area contributed by atoms with Gasteiger partial charge in [-0.25, -0.2) is 4.68 Å². The SMILES string of the molecule is Cn1n[c]c(F)c1OC(F)(F)F. The summed E-state index contributed by atoms with van der Waals surface area (Å²) in [7, 11) is 1.11.